The van der Waals surface area contributed by atoms with E-state index in [1.54, 1.807) is 19.2 Å². The Morgan fingerprint density at radius 3 is 2.41 bits per heavy atom. The monoisotopic (exact) mass is 387 g/mol. The van der Waals surface area contributed by atoms with E-state index in [1.165, 1.54) is 12.1 Å². The summed E-state index contributed by atoms with van der Waals surface area (Å²) in [6, 6.07) is 24.3. The maximum absolute atomic E-state index is 12.0. The number of ether oxygens (including phenoxy) is 1. The molecule has 0 spiro atoms. The molecule has 0 unspecified atom stereocenters. The van der Waals surface area contributed by atoms with Crippen molar-refractivity contribution in [1.82, 2.24) is 5.32 Å². The van der Waals surface area contributed by atoms with Gasteiger partial charge in [-0.15, -0.1) is 0 Å². The summed E-state index contributed by atoms with van der Waals surface area (Å²) >= 11 is 0. The van der Waals surface area contributed by atoms with Gasteiger partial charge in [0.25, 0.3) is 0 Å². The van der Waals surface area contributed by atoms with Gasteiger partial charge < -0.3 is 19.6 Å². The number of rotatable bonds is 6. The number of methoxy groups -OCH3 is 1. The summed E-state index contributed by atoms with van der Waals surface area (Å²) in [4.78, 5) is 12.0. The molecule has 4 rings (SSSR count). The first-order valence-corrected chi connectivity index (χ1v) is 9.32. The number of phenolic OH excluding ortho intramolecular Hbond substituents is 1. The first kappa shape index (κ1) is 18.8. The summed E-state index contributed by atoms with van der Waals surface area (Å²) in [5.41, 5.74) is 2.94. The molecule has 0 aliphatic heterocycles. The van der Waals surface area contributed by atoms with E-state index in [9.17, 15) is 9.90 Å². The van der Waals surface area contributed by atoms with Crippen LogP contribution in [0.15, 0.2) is 88.1 Å². The lowest BCUT2D eigenvalue weighted by atomic mass is 9.98. The predicted octanol–water partition coefficient (Wildman–Crippen LogP) is 4.39. The Balaban J connectivity index is 1.68. The van der Waals surface area contributed by atoms with Crippen LogP contribution in [0, 0.1) is 0 Å². The molecule has 0 fully saturated rings. The number of aromatic hydroxyl groups is 1. The Morgan fingerprint density at radius 2 is 1.69 bits per heavy atom. The molecule has 5 heteroatoms. The number of hydrogen-bond acceptors (Lipinski definition) is 5. The van der Waals surface area contributed by atoms with E-state index in [1.807, 2.05) is 42.5 Å². The Bertz CT molecular complexity index is 1170. The minimum absolute atomic E-state index is 0.0613. The molecule has 5 nitrogen and oxygen atoms in total. The van der Waals surface area contributed by atoms with Crippen molar-refractivity contribution >= 4 is 11.0 Å². The van der Waals surface area contributed by atoms with Crippen molar-refractivity contribution in [2.75, 3.05) is 7.11 Å². The molecule has 2 N–H and O–H groups in total. The van der Waals surface area contributed by atoms with Crippen molar-refractivity contribution < 1.29 is 14.3 Å². The fourth-order valence-corrected chi connectivity index (χ4v) is 3.45. The first-order chi connectivity index (χ1) is 14.1. The topological polar surface area (TPSA) is 71.7 Å². The van der Waals surface area contributed by atoms with Crippen LogP contribution in [0.4, 0.5) is 0 Å². The molecule has 29 heavy (non-hydrogen) atoms. The Hall–Kier alpha value is -3.57. The fraction of sp³-hybridized carbons (Fsp3) is 0.125. The molecule has 0 saturated carbocycles. The van der Waals surface area contributed by atoms with Gasteiger partial charge in [-0.3, -0.25) is 0 Å². The maximum atomic E-state index is 12.0. The van der Waals surface area contributed by atoms with E-state index in [0.29, 0.717) is 12.1 Å². The van der Waals surface area contributed by atoms with Crippen LogP contribution in [-0.4, -0.2) is 12.2 Å². The SMILES string of the molecule is COc1ccc([C@H](NCc2cc(=O)oc3cc(O)ccc23)c2ccccc2)cc1. The summed E-state index contributed by atoms with van der Waals surface area (Å²) < 4.78 is 10.5. The average molecular weight is 387 g/mol. The number of hydrogen-bond donors (Lipinski definition) is 2. The molecule has 1 atom stereocenters. The van der Waals surface area contributed by atoms with Crippen molar-refractivity contribution in [1.29, 1.82) is 0 Å². The van der Waals surface area contributed by atoms with Crippen molar-refractivity contribution in [3.8, 4) is 11.5 Å². The molecule has 1 aromatic heterocycles. The molecular weight excluding hydrogens is 366 g/mol. The van der Waals surface area contributed by atoms with E-state index in [4.69, 9.17) is 9.15 Å². The summed E-state index contributed by atoms with van der Waals surface area (Å²) in [5.74, 6) is 0.859. The highest BCUT2D eigenvalue weighted by molar-refractivity contribution is 5.81. The van der Waals surface area contributed by atoms with Crippen molar-refractivity contribution in [2.45, 2.75) is 12.6 Å². The molecule has 0 saturated heterocycles. The average Bonchev–Trinajstić information content (AvgIpc) is 2.74. The highest BCUT2D eigenvalue weighted by Crippen LogP contribution is 2.26. The van der Waals surface area contributed by atoms with Crippen LogP contribution in [0.1, 0.15) is 22.7 Å². The third kappa shape index (κ3) is 4.15. The molecule has 3 aromatic carbocycles. The molecule has 0 radical (unpaired) electrons. The number of nitrogens with one attached hydrogen (secondary N) is 1. The largest absolute Gasteiger partial charge is 0.508 e. The second-order valence-corrected chi connectivity index (χ2v) is 6.77. The van der Waals surface area contributed by atoms with Crippen molar-refractivity contribution in [3.63, 3.8) is 0 Å². The van der Waals surface area contributed by atoms with Gasteiger partial charge in [0.05, 0.1) is 13.2 Å². The maximum Gasteiger partial charge on any atom is 0.336 e. The zero-order valence-electron chi connectivity index (χ0n) is 16.0. The standard InChI is InChI=1S/C24H21NO4/c1-28-20-10-7-17(8-11-20)24(16-5-3-2-4-6-16)25-15-18-13-23(27)29-22-14-19(26)9-12-21(18)22/h2-14,24-26H,15H2,1H3/t24-/m1/s1. The van der Waals surface area contributed by atoms with Gasteiger partial charge in [0, 0.05) is 24.1 Å². The van der Waals surface area contributed by atoms with Crippen molar-refractivity contribution in [2.24, 2.45) is 0 Å². The van der Waals surface area contributed by atoms with Gasteiger partial charge in [-0.2, -0.15) is 0 Å². The van der Waals surface area contributed by atoms with Gasteiger partial charge in [0.1, 0.15) is 17.1 Å². The lowest BCUT2D eigenvalue weighted by Crippen LogP contribution is -2.22. The molecule has 0 amide bonds. The molecule has 146 valence electrons. The van der Waals surface area contributed by atoms with E-state index in [0.717, 1.165) is 27.8 Å². The summed E-state index contributed by atoms with van der Waals surface area (Å²) in [6.07, 6.45) is 0. The van der Waals surface area contributed by atoms with Crippen LogP contribution >= 0.6 is 0 Å². The molecule has 0 aliphatic rings. The Morgan fingerprint density at radius 1 is 0.966 bits per heavy atom. The number of phenols is 1. The first-order valence-electron chi connectivity index (χ1n) is 9.32. The van der Waals surface area contributed by atoms with Crippen LogP contribution in [0.3, 0.4) is 0 Å². The van der Waals surface area contributed by atoms with Crippen LogP contribution in [0.5, 0.6) is 11.5 Å². The van der Waals surface area contributed by atoms with Crippen LogP contribution in [0.25, 0.3) is 11.0 Å². The van der Waals surface area contributed by atoms with Gasteiger partial charge in [-0.05, 0) is 41.0 Å². The van der Waals surface area contributed by atoms with Crippen LogP contribution in [0.2, 0.25) is 0 Å². The van der Waals surface area contributed by atoms with Crippen LogP contribution < -0.4 is 15.7 Å². The minimum atomic E-state index is -0.444. The quantitative estimate of drug-likeness (QED) is 0.480. The second kappa shape index (κ2) is 8.20. The Kier molecular flexibility index (Phi) is 5.31. The number of fused-ring (bicyclic) bond motifs is 1. The van der Waals surface area contributed by atoms with Crippen molar-refractivity contribution in [3.05, 3.63) is 106 Å². The normalized spacial score (nSPS) is 12.0. The second-order valence-electron chi connectivity index (χ2n) is 6.77. The van der Waals surface area contributed by atoms with Gasteiger partial charge in [-0.1, -0.05) is 42.5 Å². The van der Waals surface area contributed by atoms with E-state index >= 15 is 0 Å². The minimum Gasteiger partial charge on any atom is -0.508 e. The zero-order valence-corrected chi connectivity index (χ0v) is 16.0. The summed E-state index contributed by atoms with van der Waals surface area (Å²) in [7, 11) is 1.64. The van der Waals surface area contributed by atoms with E-state index in [2.05, 4.69) is 17.4 Å². The smallest absolute Gasteiger partial charge is 0.336 e. The Labute approximate surface area is 168 Å². The lowest BCUT2D eigenvalue weighted by Gasteiger charge is -2.20. The molecule has 0 bridgehead atoms. The summed E-state index contributed by atoms with van der Waals surface area (Å²) in [5, 5.41) is 14.0. The lowest BCUT2D eigenvalue weighted by molar-refractivity contribution is 0.414. The van der Waals surface area contributed by atoms with E-state index in [-0.39, 0.29) is 11.8 Å². The van der Waals surface area contributed by atoms with Gasteiger partial charge in [0.15, 0.2) is 0 Å². The molecule has 0 aliphatic carbocycles. The highest BCUT2D eigenvalue weighted by atomic mass is 16.5. The molecular formula is C24H21NO4. The third-order valence-electron chi connectivity index (χ3n) is 4.89. The van der Waals surface area contributed by atoms with Gasteiger partial charge in [-0.25, -0.2) is 4.79 Å². The molecule has 1 heterocycles. The van der Waals surface area contributed by atoms with E-state index < -0.39 is 5.63 Å². The van der Waals surface area contributed by atoms with Gasteiger partial charge in [0.2, 0.25) is 0 Å². The number of benzene rings is 3. The van der Waals surface area contributed by atoms with Crippen LogP contribution in [-0.2, 0) is 6.54 Å². The molecule has 4 aromatic rings. The zero-order chi connectivity index (χ0) is 20.2. The highest BCUT2D eigenvalue weighted by Gasteiger charge is 2.15. The fourth-order valence-electron chi connectivity index (χ4n) is 3.45. The third-order valence-corrected chi connectivity index (χ3v) is 4.89. The van der Waals surface area contributed by atoms with Gasteiger partial charge >= 0.3 is 5.63 Å². The predicted molar refractivity (Wildman–Crippen MR) is 112 cm³/mol. The summed E-state index contributed by atoms with van der Waals surface area (Å²) in [6.45, 7) is 0.457.